The predicted octanol–water partition coefficient (Wildman–Crippen LogP) is 3.21. The molecule has 0 aromatic carbocycles. The molecule has 1 aliphatic carbocycles. The first-order valence-corrected chi connectivity index (χ1v) is 11.2. The number of fused-ring (bicyclic) bond motifs is 1. The van der Waals surface area contributed by atoms with Crippen LogP contribution in [-0.2, 0) is 9.47 Å². The number of carbonyl (C=O) groups excluding carboxylic acids is 1. The topological polar surface area (TPSA) is 81.7 Å². The fourth-order valence-corrected chi connectivity index (χ4v) is 5.16. The summed E-state index contributed by atoms with van der Waals surface area (Å²) >= 11 is 0. The van der Waals surface area contributed by atoms with Crippen LogP contribution in [0.4, 0.5) is 4.79 Å². The van der Waals surface area contributed by atoms with Crippen LogP contribution >= 0.6 is 0 Å². The minimum absolute atomic E-state index is 0.124. The highest BCUT2D eigenvalue weighted by atomic mass is 16.6. The molecule has 0 spiro atoms. The molecule has 2 amide bonds. The fourth-order valence-electron chi connectivity index (χ4n) is 5.16. The Balaban J connectivity index is 1.32. The third-order valence-corrected chi connectivity index (χ3v) is 6.76. The molecule has 2 N–H and O–H groups in total. The summed E-state index contributed by atoms with van der Waals surface area (Å²) in [6, 6.07) is 3.68. The van der Waals surface area contributed by atoms with Gasteiger partial charge in [-0.3, -0.25) is 4.98 Å². The van der Waals surface area contributed by atoms with Crippen molar-refractivity contribution in [2.24, 2.45) is 11.3 Å². The molecule has 1 aromatic rings. The predicted molar refractivity (Wildman–Crippen MR) is 114 cm³/mol. The van der Waals surface area contributed by atoms with Crippen molar-refractivity contribution < 1.29 is 19.0 Å². The molecule has 3 aliphatic rings. The first-order chi connectivity index (χ1) is 14.3. The van der Waals surface area contributed by atoms with Gasteiger partial charge in [-0.25, -0.2) is 4.79 Å². The van der Waals surface area contributed by atoms with Crippen molar-refractivity contribution in [3.8, 4) is 5.75 Å². The molecule has 2 unspecified atom stereocenters. The SMILES string of the molecule is Cc1ncccc1O[C@H]1CO[C@H]2[C@@H]1OC[C@@H]2NC(=O)NC1CCCCC1C(C)(C)C. The monoisotopic (exact) mass is 417 g/mol. The van der Waals surface area contributed by atoms with Gasteiger partial charge in [0.25, 0.3) is 0 Å². The van der Waals surface area contributed by atoms with E-state index in [0.717, 1.165) is 17.9 Å². The highest BCUT2D eigenvalue weighted by Crippen LogP contribution is 2.38. The zero-order valence-electron chi connectivity index (χ0n) is 18.5. The van der Waals surface area contributed by atoms with E-state index in [-0.39, 0.29) is 41.8 Å². The van der Waals surface area contributed by atoms with Crippen LogP contribution in [0.3, 0.4) is 0 Å². The van der Waals surface area contributed by atoms with Gasteiger partial charge in [0, 0.05) is 12.2 Å². The zero-order valence-corrected chi connectivity index (χ0v) is 18.5. The second kappa shape index (κ2) is 8.71. The summed E-state index contributed by atoms with van der Waals surface area (Å²) < 4.78 is 18.0. The van der Waals surface area contributed by atoms with E-state index < -0.39 is 0 Å². The molecule has 3 fully saturated rings. The third-order valence-electron chi connectivity index (χ3n) is 6.76. The quantitative estimate of drug-likeness (QED) is 0.786. The van der Waals surface area contributed by atoms with Crippen LogP contribution in [-0.4, -0.2) is 54.6 Å². The normalized spacial score (nSPS) is 33.7. The van der Waals surface area contributed by atoms with E-state index in [1.165, 1.54) is 19.3 Å². The number of nitrogens with one attached hydrogen (secondary N) is 2. The van der Waals surface area contributed by atoms with E-state index in [1.54, 1.807) is 6.20 Å². The molecular formula is C23H35N3O4. The number of hydrogen-bond donors (Lipinski definition) is 2. The standard InChI is InChI=1S/C23H35N3O4/c1-14-18(10-7-11-24-14)30-19-13-29-20-17(12-28-21(19)20)26-22(27)25-16-9-6-5-8-15(16)23(2,3)4/h7,10-11,15-17,19-21H,5-6,8-9,12-13H2,1-4H3,(H2,25,26,27)/t15?,16?,17-,19-,20+,21+/m0/s1. The van der Waals surface area contributed by atoms with Crippen LogP contribution in [0.25, 0.3) is 0 Å². The first kappa shape index (κ1) is 21.4. The molecule has 0 bridgehead atoms. The lowest BCUT2D eigenvalue weighted by atomic mass is 9.69. The largest absolute Gasteiger partial charge is 0.483 e. The molecule has 7 heteroatoms. The Morgan fingerprint density at radius 1 is 1.10 bits per heavy atom. The van der Waals surface area contributed by atoms with Gasteiger partial charge in [0.15, 0.2) is 6.10 Å². The van der Waals surface area contributed by atoms with Crippen molar-refractivity contribution in [2.45, 2.75) is 83.8 Å². The van der Waals surface area contributed by atoms with E-state index in [9.17, 15) is 4.79 Å². The second-order valence-electron chi connectivity index (χ2n) is 9.93. The maximum atomic E-state index is 12.8. The van der Waals surface area contributed by atoms with Gasteiger partial charge in [-0.1, -0.05) is 33.6 Å². The number of hydrogen-bond acceptors (Lipinski definition) is 5. The maximum absolute atomic E-state index is 12.8. The summed E-state index contributed by atoms with van der Waals surface area (Å²) in [5.41, 5.74) is 1.03. The number of aromatic nitrogens is 1. The molecule has 3 heterocycles. The Kier molecular flexibility index (Phi) is 6.21. The van der Waals surface area contributed by atoms with E-state index in [0.29, 0.717) is 19.1 Å². The van der Waals surface area contributed by atoms with E-state index >= 15 is 0 Å². The number of carbonyl (C=O) groups is 1. The van der Waals surface area contributed by atoms with Gasteiger partial charge in [0.1, 0.15) is 18.0 Å². The molecule has 166 valence electrons. The number of rotatable bonds is 4. The molecule has 7 nitrogen and oxygen atoms in total. The average Bonchev–Trinajstić information content (AvgIpc) is 3.27. The van der Waals surface area contributed by atoms with Crippen molar-refractivity contribution in [2.75, 3.05) is 13.2 Å². The van der Waals surface area contributed by atoms with Gasteiger partial charge >= 0.3 is 6.03 Å². The summed E-state index contributed by atoms with van der Waals surface area (Å²) in [4.78, 5) is 17.0. The first-order valence-electron chi connectivity index (χ1n) is 11.2. The fraction of sp³-hybridized carbons (Fsp3) is 0.739. The summed E-state index contributed by atoms with van der Waals surface area (Å²) in [5.74, 6) is 1.24. The number of aryl methyl sites for hydroxylation is 1. The van der Waals surface area contributed by atoms with E-state index in [2.05, 4.69) is 36.4 Å². The molecule has 0 radical (unpaired) electrons. The van der Waals surface area contributed by atoms with Crippen LogP contribution < -0.4 is 15.4 Å². The molecule has 2 saturated heterocycles. The number of amides is 2. The minimum Gasteiger partial charge on any atom is -0.483 e. The smallest absolute Gasteiger partial charge is 0.315 e. The van der Waals surface area contributed by atoms with Crippen LogP contribution in [0.2, 0.25) is 0 Å². The Hall–Kier alpha value is -1.86. The van der Waals surface area contributed by atoms with Crippen molar-refractivity contribution in [3.63, 3.8) is 0 Å². The van der Waals surface area contributed by atoms with E-state index in [1.807, 2.05) is 19.1 Å². The van der Waals surface area contributed by atoms with Gasteiger partial charge in [-0.2, -0.15) is 0 Å². The lowest BCUT2D eigenvalue weighted by molar-refractivity contribution is 0.0299. The van der Waals surface area contributed by atoms with Gasteiger partial charge < -0.3 is 24.8 Å². The Morgan fingerprint density at radius 2 is 1.83 bits per heavy atom. The van der Waals surface area contributed by atoms with Gasteiger partial charge in [-0.05, 0) is 43.2 Å². The molecule has 30 heavy (non-hydrogen) atoms. The summed E-state index contributed by atoms with van der Waals surface area (Å²) in [6.07, 6.45) is 5.79. The van der Waals surface area contributed by atoms with Crippen molar-refractivity contribution >= 4 is 6.03 Å². The summed E-state index contributed by atoms with van der Waals surface area (Å²) in [7, 11) is 0. The van der Waals surface area contributed by atoms with Crippen molar-refractivity contribution in [3.05, 3.63) is 24.0 Å². The van der Waals surface area contributed by atoms with E-state index in [4.69, 9.17) is 14.2 Å². The Morgan fingerprint density at radius 3 is 2.60 bits per heavy atom. The number of nitrogens with zero attached hydrogens (tertiary/aromatic N) is 1. The molecule has 1 aromatic heterocycles. The zero-order chi connectivity index (χ0) is 21.3. The second-order valence-corrected chi connectivity index (χ2v) is 9.93. The lowest BCUT2D eigenvalue weighted by Crippen LogP contribution is -2.54. The number of pyridine rings is 1. The average molecular weight is 418 g/mol. The molecule has 4 rings (SSSR count). The molecule has 1 saturated carbocycles. The van der Waals surface area contributed by atoms with Crippen LogP contribution in [0.15, 0.2) is 18.3 Å². The van der Waals surface area contributed by atoms with Gasteiger partial charge in [0.2, 0.25) is 0 Å². The Bertz CT molecular complexity index is 750. The van der Waals surface area contributed by atoms with Crippen LogP contribution in [0.1, 0.15) is 52.1 Å². The maximum Gasteiger partial charge on any atom is 0.315 e. The number of urea groups is 1. The van der Waals surface area contributed by atoms with Gasteiger partial charge in [-0.15, -0.1) is 0 Å². The summed E-state index contributed by atoms with van der Waals surface area (Å²) in [6.45, 7) is 9.59. The third kappa shape index (κ3) is 4.57. The summed E-state index contributed by atoms with van der Waals surface area (Å²) in [5, 5.41) is 6.34. The van der Waals surface area contributed by atoms with Crippen molar-refractivity contribution in [1.29, 1.82) is 0 Å². The van der Waals surface area contributed by atoms with Crippen LogP contribution in [0, 0.1) is 18.3 Å². The molecule has 2 aliphatic heterocycles. The van der Waals surface area contributed by atoms with Gasteiger partial charge in [0.05, 0.1) is 24.9 Å². The lowest BCUT2D eigenvalue weighted by Gasteiger charge is -2.40. The Labute approximate surface area is 179 Å². The molecule has 6 atom stereocenters. The highest BCUT2D eigenvalue weighted by Gasteiger charge is 2.49. The molecular weight excluding hydrogens is 382 g/mol. The number of ether oxygens (including phenoxy) is 3. The van der Waals surface area contributed by atoms with Crippen LogP contribution in [0.5, 0.6) is 5.75 Å². The highest BCUT2D eigenvalue weighted by molar-refractivity contribution is 5.74. The minimum atomic E-state index is -0.198. The van der Waals surface area contributed by atoms with Crippen molar-refractivity contribution in [1.82, 2.24) is 15.6 Å².